The zero-order valence-electron chi connectivity index (χ0n) is 11.1. The fraction of sp³-hybridized carbons (Fsp3) is 0.235. The monoisotopic (exact) mass is 265 g/mol. The average molecular weight is 265 g/mol. The standard InChI is InChI=1S/C17H15NO2/c18-10-11-19-15-7-9-17-14(12-15)6-8-16(20-17)13-4-2-1-3-5-13/h1-5,7,9,12,16H,6,8,11H2. The number of nitrogens with zero attached hydrogens (tertiary/aromatic N) is 1. The maximum atomic E-state index is 8.53. The van der Waals surface area contributed by atoms with Crippen LogP contribution in [0.25, 0.3) is 0 Å². The van der Waals surface area contributed by atoms with Gasteiger partial charge in [-0.15, -0.1) is 0 Å². The van der Waals surface area contributed by atoms with Gasteiger partial charge in [-0.05, 0) is 42.2 Å². The summed E-state index contributed by atoms with van der Waals surface area (Å²) in [6, 6.07) is 18.0. The molecule has 0 amide bonds. The Morgan fingerprint density at radius 1 is 1.20 bits per heavy atom. The molecule has 0 radical (unpaired) electrons. The quantitative estimate of drug-likeness (QED) is 0.850. The molecule has 3 heteroatoms. The first-order chi connectivity index (χ1) is 9.86. The molecule has 20 heavy (non-hydrogen) atoms. The topological polar surface area (TPSA) is 42.2 Å². The Bertz CT molecular complexity index is 631. The van der Waals surface area contributed by atoms with Crippen molar-refractivity contribution in [1.29, 1.82) is 5.26 Å². The molecule has 0 aliphatic carbocycles. The van der Waals surface area contributed by atoms with Gasteiger partial charge in [0.2, 0.25) is 0 Å². The zero-order chi connectivity index (χ0) is 13.8. The second-order valence-corrected chi connectivity index (χ2v) is 4.77. The van der Waals surface area contributed by atoms with Crippen LogP contribution in [-0.4, -0.2) is 6.61 Å². The van der Waals surface area contributed by atoms with Gasteiger partial charge in [0.15, 0.2) is 6.61 Å². The SMILES string of the molecule is N#CCOc1ccc2c(c1)CCC(c1ccccc1)O2. The molecule has 0 N–H and O–H groups in total. The summed E-state index contributed by atoms with van der Waals surface area (Å²) in [6.07, 6.45) is 2.03. The van der Waals surface area contributed by atoms with Crippen LogP contribution in [0.1, 0.15) is 23.7 Å². The minimum atomic E-state index is 0.0757. The number of ether oxygens (including phenoxy) is 2. The van der Waals surface area contributed by atoms with Gasteiger partial charge in [0.25, 0.3) is 0 Å². The molecule has 1 unspecified atom stereocenters. The molecular formula is C17H15NO2. The van der Waals surface area contributed by atoms with Crippen molar-refractivity contribution in [2.75, 3.05) is 6.61 Å². The van der Waals surface area contributed by atoms with Crippen molar-refractivity contribution in [3.63, 3.8) is 0 Å². The number of fused-ring (bicyclic) bond motifs is 1. The third-order valence-electron chi connectivity index (χ3n) is 3.45. The van der Waals surface area contributed by atoms with Gasteiger partial charge in [0.05, 0.1) is 0 Å². The molecule has 1 aliphatic rings. The van der Waals surface area contributed by atoms with Crippen LogP contribution in [0.2, 0.25) is 0 Å². The normalized spacial score (nSPS) is 16.6. The Morgan fingerprint density at radius 2 is 2.05 bits per heavy atom. The van der Waals surface area contributed by atoms with Gasteiger partial charge >= 0.3 is 0 Å². The van der Waals surface area contributed by atoms with E-state index in [1.807, 2.05) is 42.5 Å². The van der Waals surface area contributed by atoms with Crippen molar-refractivity contribution in [3.05, 3.63) is 59.7 Å². The summed E-state index contributed by atoms with van der Waals surface area (Å²) in [6.45, 7) is 0.0757. The van der Waals surface area contributed by atoms with Crippen LogP contribution in [0.15, 0.2) is 48.5 Å². The van der Waals surface area contributed by atoms with E-state index in [4.69, 9.17) is 14.7 Å². The van der Waals surface area contributed by atoms with E-state index in [2.05, 4.69) is 12.1 Å². The Labute approximate surface area is 118 Å². The molecule has 3 nitrogen and oxygen atoms in total. The summed E-state index contributed by atoms with van der Waals surface area (Å²) in [4.78, 5) is 0. The highest BCUT2D eigenvalue weighted by atomic mass is 16.5. The second-order valence-electron chi connectivity index (χ2n) is 4.77. The van der Waals surface area contributed by atoms with Gasteiger partial charge in [-0.25, -0.2) is 0 Å². The summed E-state index contributed by atoms with van der Waals surface area (Å²) in [5, 5.41) is 8.53. The van der Waals surface area contributed by atoms with Crippen LogP contribution in [0, 0.1) is 11.3 Å². The van der Waals surface area contributed by atoms with Crippen LogP contribution < -0.4 is 9.47 Å². The third kappa shape index (κ3) is 2.60. The van der Waals surface area contributed by atoms with Crippen molar-refractivity contribution < 1.29 is 9.47 Å². The number of hydrogen-bond donors (Lipinski definition) is 0. The molecule has 1 atom stereocenters. The summed E-state index contributed by atoms with van der Waals surface area (Å²) in [5.74, 6) is 1.64. The minimum absolute atomic E-state index is 0.0757. The van der Waals surface area contributed by atoms with Crippen molar-refractivity contribution in [1.82, 2.24) is 0 Å². The van der Waals surface area contributed by atoms with Gasteiger partial charge in [-0.2, -0.15) is 5.26 Å². The molecule has 3 rings (SSSR count). The molecule has 0 saturated carbocycles. The summed E-state index contributed by atoms with van der Waals surface area (Å²) >= 11 is 0. The van der Waals surface area contributed by atoms with E-state index in [1.165, 1.54) is 5.56 Å². The van der Waals surface area contributed by atoms with Gasteiger partial charge in [0.1, 0.15) is 23.7 Å². The smallest absolute Gasteiger partial charge is 0.174 e. The second kappa shape index (κ2) is 5.66. The lowest BCUT2D eigenvalue weighted by Gasteiger charge is -2.26. The Balaban J connectivity index is 1.77. The molecule has 0 spiro atoms. The van der Waals surface area contributed by atoms with E-state index < -0.39 is 0 Å². The third-order valence-corrected chi connectivity index (χ3v) is 3.45. The molecule has 2 aromatic carbocycles. The van der Waals surface area contributed by atoms with Crippen LogP contribution in [-0.2, 0) is 6.42 Å². The molecular weight excluding hydrogens is 250 g/mol. The van der Waals surface area contributed by atoms with Gasteiger partial charge in [-0.3, -0.25) is 0 Å². The summed E-state index contributed by atoms with van der Waals surface area (Å²) in [7, 11) is 0. The van der Waals surface area contributed by atoms with Gasteiger partial charge < -0.3 is 9.47 Å². The number of aryl methyl sites for hydroxylation is 1. The fourth-order valence-electron chi connectivity index (χ4n) is 2.47. The first kappa shape index (κ1) is 12.6. The first-order valence-electron chi connectivity index (χ1n) is 6.71. The summed E-state index contributed by atoms with van der Waals surface area (Å²) in [5.41, 5.74) is 2.36. The maximum Gasteiger partial charge on any atom is 0.174 e. The molecule has 1 heterocycles. The van der Waals surface area contributed by atoms with Crippen molar-refractivity contribution in [2.45, 2.75) is 18.9 Å². The highest BCUT2D eigenvalue weighted by Gasteiger charge is 2.21. The van der Waals surface area contributed by atoms with E-state index in [-0.39, 0.29) is 12.7 Å². The van der Waals surface area contributed by atoms with Crippen molar-refractivity contribution in [3.8, 4) is 17.6 Å². The van der Waals surface area contributed by atoms with Gasteiger partial charge in [0, 0.05) is 0 Å². The number of benzene rings is 2. The van der Waals surface area contributed by atoms with E-state index in [0.717, 1.165) is 29.9 Å². The number of nitriles is 1. The predicted octanol–water partition coefficient (Wildman–Crippen LogP) is 3.66. The molecule has 1 aliphatic heterocycles. The molecule has 100 valence electrons. The maximum absolute atomic E-state index is 8.53. The van der Waals surface area contributed by atoms with E-state index in [0.29, 0.717) is 0 Å². The minimum Gasteiger partial charge on any atom is -0.485 e. The van der Waals surface area contributed by atoms with Crippen LogP contribution in [0.4, 0.5) is 0 Å². The van der Waals surface area contributed by atoms with E-state index in [1.54, 1.807) is 0 Å². The lowest BCUT2D eigenvalue weighted by Crippen LogP contribution is -2.15. The Kier molecular flexibility index (Phi) is 3.56. The molecule has 2 aromatic rings. The zero-order valence-corrected chi connectivity index (χ0v) is 11.1. The van der Waals surface area contributed by atoms with Crippen molar-refractivity contribution in [2.24, 2.45) is 0 Å². The molecule has 0 aromatic heterocycles. The van der Waals surface area contributed by atoms with Crippen LogP contribution >= 0.6 is 0 Å². The molecule has 0 saturated heterocycles. The Morgan fingerprint density at radius 3 is 2.85 bits per heavy atom. The molecule has 0 bridgehead atoms. The Hall–Kier alpha value is -2.47. The van der Waals surface area contributed by atoms with E-state index >= 15 is 0 Å². The largest absolute Gasteiger partial charge is 0.485 e. The van der Waals surface area contributed by atoms with E-state index in [9.17, 15) is 0 Å². The fourth-order valence-corrected chi connectivity index (χ4v) is 2.47. The van der Waals surface area contributed by atoms with Crippen LogP contribution in [0.3, 0.4) is 0 Å². The van der Waals surface area contributed by atoms with Crippen LogP contribution in [0.5, 0.6) is 11.5 Å². The summed E-state index contributed by atoms with van der Waals surface area (Å²) < 4.78 is 11.4. The number of rotatable bonds is 3. The molecule has 0 fully saturated rings. The number of hydrogen-bond acceptors (Lipinski definition) is 3. The first-order valence-corrected chi connectivity index (χ1v) is 6.71. The highest BCUT2D eigenvalue weighted by molar-refractivity contribution is 5.42. The lowest BCUT2D eigenvalue weighted by molar-refractivity contribution is 0.176. The predicted molar refractivity (Wildman–Crippen MR) is 75.7 cm³/mol. The average Bonchev–Trinajstić information content (AvgIpc) is 2.53. The lowest BCUT2D eigenvalue weighted by atomic mass is 9.97. The van der Waals surface area contributed by atoms with Crippen molar-refractivity contribution >= 4 is 0 Å². The highest BCUT2D eigenvalue weighted by Crippen LogP contribution is 2.36. The van der Waals surface area contributed by atoms with Gasteiger partial charge in [-0.1, -0.05) is 30.3 Å².